The molecular formula is C6H6N2O4. The molecule has 0 radical (unpaired) electrons. The van der Waals surface area contributed by atoms with Crippen LogP contribution in [0.25, 0.3) is 0 Å². The van der Waals surface area contributed by atoms with Crippen LogP contribution in [0.15, 0.2) is 10.7 Å². The number of carboxylic acid groups (broad SMARTS) is 1. The minimum atomic E-state index is -1.30. The Morgan fingerprint density at radius 3 is 2.42 bits per heavy atom. The van der Waals surface area contributed by atoms with Crippen molar-refractivity contribution in [2.45, 2.75) is 0 Å². The lowest BCUT2D eigenvalue weighted by atomic mass is 10.2. The average Bonchev–Trinajstić information content (AvgIpc) is 2.30. The summed E-state index contributed by atoms with van der Waals surface area (Å²) in [7, 11) is 0. The SMILES string of the molecule is NC(=O)c1c(C(=O)O)coc1N. The first-order valence-electron chi connectivity index (χ1n) is 2.94. The highest BCUT2D eigenvalue weighted by Gasteiger charge is 2.21. The highest BCUT2D eigenvalue weighted by atomic mass is 16.4. The van der Waals surface area contributed by atoms with Crippen molar-refractivity contribution in [1.29, 1.82) is 0 Å². The maximum Gasteiger partial charge on any atom is 0.339 e. The van der Waals surface area contributed by atoms with Crippen LogP contribution in [-0.2, 0) is 0 Å². The largest absolute Gasteiger partial charge is 0.478 e. The van der Waals surface area contributed by atoms with Crippen LogP contribution in [0, 0.1) is 0 Å². The fourth-order valence-electron chi connectivity index (χ4n) is 0.784. The van der Waals surface area contributed by atoms with Gasteiger partial charge in [0.15, 0.2) is 0 Å². The Balaban J connectivity index is 3.31. The number of carbonyl (C=O) groups is 2. The Labute approximate surface area is 66.8 Å². The predicted molar refractivity (Wildman–Crippen MR) is 38.6 cm³/mol. The molecule has 0 aliphatic rings. The number of anilines is 1. The van der Waals surface area contributed by atoms with Crippen molar-refractivity contribution in [2.24, 2.45) is 5.73 Å². The zero-order valence-electron chi connectivity index (χ0n) is 5.90. The molecule has 64 valence electrons. The summed E-state index contributed by atoms with van der Waals surface area (Å²) >= 11 is 0. The number of hydrogen-bond acceptors (Lipinski definition) is 4. The Kier molecular flexibility index (Phi) is 1.74. The molecular weight excluding hydrogens is 164 g/mol. The standard InChI is InChI=1S/C6H6N2O4/c7-4(9)3-2(6(10)11)1-12-5(3)8/h1H,8H2,(H2,7,9)(H,10,11). The van der Waals surface area contributed by atoms with E-state index in [1.807, 2.05) is 0 Å². The van der Waals surface area contributed by atoms with Crippen LogP contribution in [-0.4, -0.2) is 17.0 Å². The van der Waals surface area contributed by atoms with Crippen molar-refractivity contribution in [3.8, 4) is 0 Å². The second-order valence-electron chi connectivity index (χ2n) is 2.06. The molecule has 1 aromatic rings. The smallest absolute Gasteiger partial charge is 0.339 e. The van der Waals surface area contributed by atoms with E-state index < -0.39 is 11.9 Å². The highest BCUT2D eigenvalue weighted by Crippen LogP contribution is 2.18. The fourth-order valence-corrected chi connectivity index (χ4v) is 0.784. The molecule has 0 fully saturated rings. The number of furan rings is 1. The zero-order chi connectivity index (χ0) is 9.30. The van der Waals surface area contributed by atoms with Gasteiger partial charge in [-0.2, -0.15) is 0 Å². The summed E-state index contributed by atoms with van der Waals surface area (Å²) in [5.74, 6) is -2.50. The first-order chi connectivity index (χ1) is 5.54. The van der Waals surface area contributed by atoms with Gasteiger partial charge in [0.25, 0.3) is 5.91 Å². The lowest BCUT2D eigenvalue weighted by Gasteiger charge is -1.92. The van der Waals surface area contributed by atoms with Gasteiger partial charge in [-0.3, -0.25) is 4.79 Å². The molecule has 0 aromatic carbocycles. The molecule has 0 saturated carbocycles. The molecule has 1 heterocycles. The molecule has 6 nitrogen and oxygen atoms in total. The molecule has 0 aliphatic heterocycles. The predicted octanol–water partition coefficient (Wildman–Crippen LogP) is -0.341. The third-order valence-corrected chi connectivity index (χ3v) is 1.30. The number of hydrogen-bond donors (Lipinski definition) is 3. The van der Waals surface area contributed by atoms with Crippen molar-refractivity contribution in [3.63, 3.8) is 0 Å². The topological polar surface area (TPSA) is 120 Å². The normalized spacial score (nSPS) is 9.67. The summed E-state index contributed by atoms with van der Waals surface area (Å²) in [6.45, 7) is 0. The van der Waals surface area contributed by atoms with E-state index in [1.54, 1.807) is 0 Å². The van der Waals surface area contributed by atoms with Gasteiger partial charge in [0, 0.05) is 0 Å². The van der Waals surface area contributed by atoms with E-state index in [9.17, 15) is 9.59 Å². The molecule has 1 rings (SSSR count). The van der Waals surface area contributed by atoms with Crippen LogP contribution >= 0.6 is 0 Å². The number of carbonyl (C=O) groups excluding carboxylic acids is 1. The van der Waals surface area contributed by atoms with E-state index in [1.165, 1.54) is 0 Å². The summed E-state index contributed by atoms with van der Waals surface area (Å²) < 4.78 is 4.51. The van der Waals surface area contributed by atoms with Crippen LogP contribution in [0.1, 0.15) is 20.7 Å². The van der Waals surface area contributed by atoms with Gasteiger partial charge in [-0.1, -0.05) is 0 Å². The second-order valence-corrected chi connectivity index (χ2v) is 2.06. The molecule has 0 spiro atoms. The minimum absolute atomic E-state index is 0.278. The van der Waals surface area contributed by atoms with E-state index in [2.05, 4.69) is 4.42 Å². The first-order valence-corrected chi connectivity index (χ1v) is 2.94. The molecule has 1 amide bonds. The van der Waals surface area contributed by atoms with Crippen molar-refractivity contribution >= 4 is 17.8 Å². The van der Waals surface area contributed by atoms with Crippen molar-refractivity contribution < 1.29 is 19.1 Å². The minimum Gasteiger partial charge on any atom is -0.478 e. The van der Waals surface area contributed by atoms with Crippen LogP contribution < -0.4 is 11.5 Å². The van der Waals surface area contributed by atoms with Crippen molar-refractivity contribution in [3.05, 3.63) is 17.4 Å². The van der Waals surface area contributed by atoms with Gasteiger partial charge in [0.2, 0.25) is 5.88 Å². The number of nitrogens with two attached hydrogens (primary N) is 2. The van der Waals surface area contributed by atoms with Crippen LogP contribution in [0.5, 0.6) is 0 Å². The van der Waals surface area contributed by atoms with Crippen molar-refractivity contribution in [2.75, 3.05) is 5.73 Å². The summed E-state index contributed by atoms with van der Waals surface area (Å²) in [5.41, 5.74) is 9.40. The van der Waals surface area contributed by atoms with Gasteiger partial charge in [-0.25, -0.2) is 4.79 Å². The Bertz CT molecular complexity index is 341. The van der Waals surface area contributed by atoms with Crippen molar-refractivity contribution in [1.82, 2.24) is 0 Å². The second kappa shape index (κ2) is 2.57. The number of carboxylic acids is 1. The zero-order valence-corrected chi connectivity index (χ0v) is 5.90. The lowest BCUT2D eigenvalue weighted by molar-refractivity contribution is 0.0691. The molecule has 1 aromatic heterocycles. The van der Waals surface area contributed by atoms with E-state index in [-0.39, 0.29) is 17.0 Å². The lowest BCUT2D eigenvalue weighted by Crippen LogP contribution is -2.15. The number of primary amides is 1. The third-order valence-electron chi connectivity index (χ3n) is 1.30. The van der Waals surface area contributed by atoms with E-state index >= 15 is 0 Å². The van der Waals surface area contributed by atoms with Gasteiger partial charge in [0.05, 0.1) is 0 Å². The van der Waals surface area contributed by atoms with Gasteiger partial charge in [-0.15, -0.1) is 0 Å². The average molecular weight is 170 g/mol. The summed E-state index contributed by atoms with van der Waals surface area (Å²) in [4.78, 5) is 21.0. The molecule has 0 unspecified atom stereocenters. The monoisotopic (exact) mass is 170 g/mol. The van der Waals surface area contributed by atoms with Crippen LogP contribution in [0.4, 0.5) is 5.88 Å². The molecule has 0 bridgehead atoms. The van der Waals surface area contributed by atoms with Gasteiger partial charge in [0.1, 0.15) is 17.4 Å². The molecule has 5 N–H and O–H groups in total. The van der Waals surface area contributed by atoms with Gasteiger partial charge in [-0.05, 0) is 0 Å². The summed E-state index contributed by atoms with van der Waals surface area (Å²) in [6.07, 6.45) is 0.873. The van der Waals surface area contributed by atoms with E-state index in [4.69, 9.17) is 16.6 Å². The maximum absolute atomic E-state index is 10.6. The summed E-state index contributed by atoms with van der Waals surface area (Å²) in [5, 5.41) is 8.50. The highest BCUT2D eigenvalue weighted by molar-refractivity contribution is 6.06. The quantitative estimate of drug-likeness (QED) is 0.560. The van der Waals surface area contributed by atoms with E-state index in [0.717, 1.165) is 6.26 Å². The molecule has 0 aliphatic carbocycles. The third kappa shape index (κ3) is 1.09. The number of amides is 1. The van der Waals surface area contributed by atoms with Crippen LogP contribution in [0.3, 0.4) is 0 Å². The number of aromatic carboxylic acids is 1. The van der Waals surface area contributed by atoms with Crippen LogP contribution in [0.2, 0.25) is 0 Å². The first kappa shape index (κ1) is 8.12. The molecule has 12 heavy (non-hydrogen) atoms. The van der Waals surface area contributed by atoms with E-state index in [0.29, 0.717) is 0 Å². The summed E-state index contributed by atoms with van der Waals surface area (Å²) in [6, 6.07) is 0. The molecule has 6 heteroatoms. The number of rotatable bonds is 2. The molecule has 0 atom stereocenters. The Morgan fingerprint density at radius 2 is 2.08 bits per heavy atom. The Morgan fingerprint density at radius 1 is 1.50 bits per heavy atom. The molecule has 0 saturated heterocycles. The maximum atomic E-state index is 10.6. The van der Waals surface area contributed by atoms with Gasteiger partial charge < -0.3 is 21.0 Å². The Hall–Kier alpha value is -1.98. The van der Waals surface area contributed by atoms with Gasteiger partial charge >= 0.3 is 5.97 Å². The fraction of sp³-hybridized carbons (Fsp3) is 0. The number of nitrogen functional groups attached to an aromatic ring is 1.